The third-order valence-electron chi connectivity index (χ3n) is 7.96. The van der Waals surface area contributed by atoms with Gasteiger partial charge in [-0.1, -0.05) is 168 Å². The Morgan fingerprint density at radius 1 is 0.628 bits per heavy atom. The lowest BCUT2D eigenvalue weighted by atomic mass is 10.0. The third kappa shape index (κ3) is 31.3. The molecule has 0 atom stereocenters. The summed E-state index contributed by atoms with van der Waals surface area (Å²) in [6.07, 6.45) is 33.0. The number of unbranched alkanes of at least 4 members (excludes halogenated alkanes) is 22. The molecule has 2 N–H and O–H groups in total. The van der Waals surface area contributed by atoms with E-state index in [9.17, 15) is 9.59 Å². The van der Waals surface area contributed by atoms with Crippen LogP contribution in [0.5, 0.6) is 5.95 Å². The first kappa shape index (κ1) is 41.0. The minimum absolute atomic E-state index is 0.0744. The number of hydrogen-bond acceptors (Lipinski definition) is 4. The monoisotopic (exact) mass is 609 g/mol. The fraction of sp³-hybridized carbons (Fsp3) is 0.838. The molecule has 0 bridgehead atoms. The normalized spacial score (nSPS) is 11.0. The van der Waals surface area contributed by atoms with Gasteiger partial charge in [-0.15, -0.1) is 0 Å². The van der Waals surface area contributed by atoms with Crippen LogP contribution in [0.3, 0.4) is 0 Å². The Hall–Kier alpha value is -1.98. The molecule has 0 amide bonds. The van der Waals surface area contributed by atoms with Crippen LogP contribution in [-0.4, -0.2) is 28.8 Å². The van der Waals surface area contributed by atoms with E-state index >= 15 is 0 Å². The Morgan fingerprint density at radius 3 is 1.44 bits per heavy atom. The zero-order valence-corrected chi connectivity index (χ0v) is 28.4. The summed E-state index contributed by atoms with van der Waals surface area (Å²) in [5.74, 6) is -0.630. The molecule has 1 aromatic heterocycles. The minimum atomic E-state index is -1.06. The lowest BCUT2D eigenvalue weighted by Crippen LogP contribution is -1.96. The summed E-state index contributed by atoms with van der Waals surface area (Å²) in [6.45, 7) is 7.46. The van der Waals surface area contributed by atoms with Crippen LogP contribution in [0, 0.1) is 5.92 Å². The van der Waals surface area contributed by atoms with E-state index in [2.05, 4.69) is 20.8 Å². The highest BCUT2D eigenvalue weighted by molar-refractivity contribution is 5.84. The van der Waals surface area contributed by atoms with Gasteiger partial charge in [-0.2, -0.15) is 0 Å². The van der Waals surface area contributed by atoms with Gasteiger partial charge in [0.2, 0.25) is 5.76 Å². The average molecular weight is 609 g/mol. The maximum Gasteiger partial charge on any atom is 0.371 e. The zero-order valence-electron chi connectivity index (χ0n) is 28.4. The summed E-state index contributed by atoms with van der Waals surface area (Å²) < 4.78 is 10.4. The molecule has 0 aliphatic heterocycles. The topological polar surface area (TPSA) is 97.0 Å². The van der Waals surface area contributed by atoms with E-state index in [4.69, 9.17) is 19.4 Å². The van der Waals surface area contributed by atoms with E-state index in [1.54, 1.807) is 6.07 Å². The van der Waals surface area contributed by atoms with Crippen molar-refractivity contribution >= 4 is 11.9 Å². The number of furan rings is 1. The van der Waals surface area contributed by atoms with Crippen molar-refractivity contribution in [3.8, 4) is 5.95 Å². The van der Waals surface area contributed by atoms with E-state index in [0.717, 1.165) is 31.6 Å². The highest BCUT2D eigenvalue weighted by Gasteiger charge is 2.09. The van der Waals surface area contributed by atoms with E-state index in [1.165, 1.54) is 141 Å². The van der Waals surface area contributed by atoms with Crippen LogP contribution >= 0.6 is 0 Å². The van der Waals surface area contributed by atoms with Gasteiger partial charge in [-0.05, 0) is 24.8 Å². The lowest BCUT2D eigenvalue weighted by Gasteiger charge is -2.04. The first-order valence-corrected chi connectivity index (χ1v) is 18.0. The van der Waals surface area contributed by atoms with Crippen molar-refractivity contribution in [1.29, 1.82) is 0 Å². The molecule has 0 saturated heterocycles. The Kier molecular flexibility index (Phi) is 30.0. The summed E-state index contributed by atoms with van der Waals surface area (Å²) in [6, 6.07) is 2.98. The van der Waals surface area contributed by atoms with Gasteiger partial charge in [-0.3, -0.25) is 4.79 Å². The Morgan fingerprint density at radius 2 is 1.05 bits per heavy atom. The SMILES string of the molecule is CC(C)CCCCCCCCCCCCCCC(=O)O.CCCCCCCCCCCCCCOc1ccc(C(=O)O)o1. The van der Waals surface area contributed by atoms with Gasteiger partial charge < -0.3 is 19.4 Å². The summed E-state index contributed by atoms with van der Waals surface area (Å²) >= 11 is 0. The highest BCUT2D eigenvalue weighted by Crippen LogP contribution is 2.17. The van der Waals surface area contributed by atoms with Crippen LogP contribution in [0.1, 0.15) is 198 Å². The molecule has 0 aromatic carbocycles. The average Bonchev–Trinajstić information content (AvgIpc) is 3.45. The molecule has 0 radical (unpaired) electrons. The van der Waals surface area contributed by atoms with E-state index < -0.39 is 11.9 Å². The molecule has 6 nitrogen and oxygen atoms in total. The van der Waals surface area contributed by atoms with Crippen LogP contribution in [0.25, 0.3) is 0 Å². The number of carboxylic acid groups (broad SMARTS) is 2. The molecule has 0 unspecified atom stereocenters. The van der Waals surface area contributed by atoms with Crippen molar-refractivity contribution in [3.63, 3.8) is 0 Å². The van der Waals surface area contributed by atoms with Crippen LogP contribution < -0.4 is 4.74 Å². The molecule has 0 aliphatic carbocycles. The third-order valence-corrected chi connectivity index (χ3v) is 7.96. The van der Waals surface area contributed by atoms with Gasteiger partial charge in [0.05, 0.1) is 6.61 Å². The van der Waals surface area contributed by atoms with Crippen LogP contribution in [-0.2, 0) is 4.79 Å². The number of hydrogen-bond donors (Lipinski definition) is 2. The van der Waals surface area contributed by atoms with E-state index in [-0.39, 0.29) is 5.76 Å². The quantitative estimate of drug-likeness (QED) is 0.0843. The first-order chi connectivity index (χ1) is 20.9. The van der Waals surface area contributed by atoms with Gasteiger partial charge in [0.25, 0.3) is 5.95 Å². The highest BCUT2D eigenvalue weighted by atomic mass is 16.6. The number of ether oxygens (including phenoxy) is 1. The summed E-state index contributed by atoms with van der Waals surface area (Å²) in [7, 11) is 0. The second-order valence-electron chi connectivity index (χ2n) is 12.7. The van der Waals surface area contributed by atoms with Crippen LogP contribution in [0.2, 0.25) is 0 Å². The van der Waals surface area contributed by atoms with Gasteiger partial charge in [0.15, 0.2) is 0 Å². The van der Waals surface area contributed by atoms with Crippen LogP contribution in [0.15, 0.2) is 16.5 Å². The fourth-order valence-electron chi connectivity index (χ4n) is 5.23. The summed E-state index contributed by atoms with van der Waals surface area (Å²) in [4.78, 5) is 21.0. The largest absolute Gasteiger partial charge is 0.481 e. The van der Waals surface area contributed by atoms with Gasteiger partial charge >= 0.3 is 11.9 Å². The molecule has 1 rings (SSSR count). The molecule has 1 aromatic rings. The van der Waals surface area contributed by atoms with Gasteiger partial charge in [0, 0.05) is 12.5 Å². The first-order valence-electron chi connectivity index (χ1n) is 18.0. The molecular weight excluding hydrogens is 540 g/mol. The number of carbonyl (C=O) groups is 2. The second kappa shape index (κ2) is 31.4. The molecular formula is C37H68O6. The maximum atomic E-state index is 10.7. The van der Waals surface area contributed by atoms with Crippen molar-refractivity contribution in [2.45, 2.75) is 188 Å². The van der Waals surface area contributed by atoms with Crippen molar-refractivity contribution in [1.82, 2.24) is 0 Å². The molecule has 43 heavy (non-hydrogen) atoms. The van der Waals surface area contributed by atoms with Crippen molar-refractivity contribution in [2.24, 2.45) is 5.92 Å². The smallest absolute Gasteiger partial charge is 0.371 e. The van der Waals surface area contributed by atoms with Crippen molar-refractivity contribution in [2.75, 3.05) is 6.61 Å². The molecule has 0 fully saturated rings. The molecule has 0 aliphatic rings. The number of carboxylic acids is 2. The molecule has 252 valence electrons. The Bertz CT molecular complexity index is 741. The van der Waals surface area contributed by atoms with E-state index in [0.29, 0.717) is 19.0 Å². The van der Waals surface area contributed by atoms with E-state index in [1.807, 2.05) is 0 Å². The zero-order chi connectivity index (χ0) is 31.8. The molecule has 6 heteroatoms. The predicted molar refractivity (Wildman–Crippen MR) is 179 cm³/mol. The number of rotatable bonds is 30. The van der Waals surface area contributed by atoms with Crippen molar-refractivity contribution < 1.29 is 29.0 Å². The van der Waals surface area contributed by atoms with Crippen LogP contribution in [0.4, 0.5) is 0 Å². The van der Waals surface area contributed by atoms with Gasteiger partial charge in [0.1, 0.15) is 0 Å². The summed E-state index contributed by atoms with van der Waals surface area (Å²) in [5.41, 5.74) is 0. The molecule has 0 spiro atoms. The fourth-order valence-corrected chi connectivity index (χ4v) is 5.23. The number of aliphatic carboxylic acids is 1. The van der Waals surface area contributed by atoms with Gasteiger partial charge in [-0.25, -0.2) is 4.79 Å². The molecule has 1 heterocycles. The lowest BCUT2D eigenvalue weighted by molar-refractivity contribution is -0.137. The maximum absolute atomic E-state index is 10.7. The predicted octanol–water partition coefficient (Wildman–Crippen LogP) is 12.2. The minimum Gasteiger partial charge on any atom is -0.481 e. The Labute approximate surface area is 264 Å². The summed E-state index contributed by atoms with van der Waals surface area (Å²) in [5, 5.41) is 17.3. The standard InChI is InChI=1S/C19H32O4.C18H36O2/c1-2-3-4-5-6-7-8-9-10-11-12-13-16-22-18-15-14-17(23-18)19(20)21;1-17(2)15-13-11-9-7-5-3-4-6-8-10-12-14-16-18(19)20/h14-15H,2-13,16H2,1H3,(H,20,21);17H,3-16H2,1-2H3,(H,19,20). The number of aromatic carboxylic acids is 1. The Balaban J connectivity index is 0.000000830. The molecule has 0 saturated carbocycles. The second-order valence-corrected chi connectivity index (χ2v) is 12.7. The van der Waals surface area contributed by atoms with Crippen molar-refractivity contribution in [3.05, 3.63) is 17.9 Å².